The van der Waals surface area contributed by atoms with Crippen LogP contribution in [0, 0.1) is 23.2 Å². The summed E-state index contributed by atoms with van der Waals surface area (Å²) in [6, 6.07) is 5.51. The van der Waals surface area contributed by atoms with Gasteiger partial charge < -0.3 is 36.1 Å². The Kier molecular flexibility index (Phi) is 10.6. The van der Waals surface area contributed by atoms with Crippen LogP contribution >= 0.6 is 0 Å². The first-order chi connectivity index (χ1) is 19.3. The molecule has 1 aromatic rings. The molecule has 1 aromatic carbocycles. The average Bonchev–Trinajstić information content (AvgIpc) is 2.94. The van der Waals surface area contributed by atoms with Crippen molar-refractivity contribution in [2.75, 3.05) is 20.1 Å². The fraction of sp³-hybridized carbons (Fsp3) is 0.677. The molecule has 2 aliphatic carbocycles. The molecule has 0 amide bonds. The molecule has 4 rings (SSSR count). The zero-order valence-corrected chi connectivity index (χ0v) is 24.0. The number of nitrogens with zero attached hydrogens (tertiary/aromatic N) is 1. The molecule has 1 saturated heterocycles. The van der Waals surface area contributed by atoms with Crippen molar-refractivity contribution in [3.05, 3.63) is 23.8 Å². The van der Waals surface area contributed by atoms with Gasteiger partial charge in [-0.25, -0.2) is 0 Å². The van der Waals surface area contributed by atoms with E-state index in [9.17, 15) is 15.0 Å². The summed E-state index contributed by atoms with van der Waals surface area (Å²) in [7, 11) is 1.67. The van der Waals surface area contributed by atoms with Gasteiger partial charge in [-0.1, -0.05) is 24.8 Å². The lowest BCUT2D eigenvalue weighted by Crippen LogP contribution is -2.51. The number of nitrogens with two attached hydrogens (primary N) is 1. The Balaban J connectivity index is 1.60. The third-order valence-electron chi connectivity index (χ3n) is 8.67. The summed E-state index contributed by atoms with van der Waals surface area (Å²) in [6.07, 6.45) is 7.57. The third-order valence-corrected chi connectivity index (χ3v) is 8.67. The number of piperidine rings is 1. The van der Waals surface area contributed by atoms with E-state index < -0.39 is 12.2 Å². The Morgan fingerprint density at radius 2 is 2.02 bits per heavy atom. The molecular formula is C31H46N4O5. The van der Waals surface area contributed by atoms with Crippen molar-refractivity contribution >= 4 is 11.9 Å². The Morgan fingerprint density at radius 1 is 1.23 bits per heavy atom. The summed E-state index contributed by atoms with van der Waals surface area (Å²) < 4.78 is 11.9. The van der Waals surface area contributed by atoms with Gasteiger partial charge in [0.2, 0.25) is 0 Å². The van der Waals surface area contributed by atoms with E-state index in [-0.39, 0.29) is 35.2 Å². The fourth-order valence-corrected chi connectivity index (χ4v) is 6.43. The molecular weight excluding hydrogens is 508 g/mol. The van der Waals surface area contributed by atoms with E-state index in [2.05, 4.69) is 27.5 Å². The summed E-state index contributed by atoms with van der Waals surface area (Å²) in [5, 5.41) is 28.3. The van der Waals surface area contributed by atoms with Gasteiger partial charge in [0.1, 0.15) is 12.2 Å². The number of phenolic OH excluding ortho intramolecular Hbond substituents is 1. The standard InChI is InChI=1S/C31H46N4O5/c1-21(36)39-27-20-24(37)10-15-31(13-4-3-7-29(31)35-30(32)33-2)14-5-6-23(27)18-22-8-9-26(38)28(19-22)40-25-11-16-34-17-12-25/h8-9,19,23-25,27,29,34,37-38H,3-4,6-7,10-13,15-18,20H2,1-2H3,(H3,32,33,35). The second kappa shape index (κ2) is 14.1. The minimum absolute atomic E-state index is 0.0610. The van der Waals surface area contributed by atoms with Crippen LogP contribution in [0.15, 0.2) is 23.2 Å². The number of carbonyl (C=O) groups is 1. The van der Waals surface area contributed by atoms with Crippen LogP contribution in [0.3, 0.4) is 0 Å². The number of hydrogen-bond acceptors (Lipinski definition) is 7. The predicted octanol–water partition coefficient (Wildman–Crippen LogP) is 3.01. The number of carbonyl (C=O) groups excluding carboxylic acids is 1. The van der Waals surface area contributed by atoms with Crippen molar-refractivity contribution in [3.8, 4) is 23.3 Å². The Morgan fingerprint density at radius 3 is 2.77 bits per heavy atom. The molecule has 0 aromatic heterocycles. The Hall–Kier alpha value is -2.96. The van der Waals surface area contributed by atoms with Crippen LogP contribution in [-0.2, 0) is 16.0 Å². The molecule has 1 heterocycles. The number of nitrogens with one attached hydrogen (secondary N) is 2. The SMILES string of the molecule is CN=C(N)NC1CCCCC12C#CCC(Cc1ccc(O)c(OC3CCNCC3)c1)C(OC(C)=O)CC(O)CC2. The van der Waals surface area contributed by atoms with Gasteiger partial charge in [-0.2, -0.15) is 0 Å². The number of aromatic hydroxyl groups is 1. The molecule has 3 aliphatic rings. The van der Waals surface area contributed by atoms with Crippen LogP contribution in [0.4, 0.5) is 0 Å². The second-order valence-corrected chi connectivity index (χ2v) is 11.6. The lowest BCUT2D eigenvalue weighted by molar-refractivity contribution is -0.151. The van der Waals surface area contributed by atoms with E-state index in [0.29, 0.717) is 37.4 Å². The van der Waals surface area contributed by atoms with Crippen molar-refractivity contribution in [2.45, 2.75) is 102 Å². The van der Waals surface area contributed by atoms with Crippen LogP contribution in [-0.4, -0.2) is 66.6 Å². The minimum atomic E-state index is -0.623. The molecule has 0 radical (unpaired) electrons. The highest BCUT2D eigenvalue weighted by Crippen LogP contribution is 2.42. The molecule has 1 spiro atoms. The average molecular weight is 555 g/mol. The van der Waals surface area contributed by atoms with Gasteiger partial charge >= 0.3 is 5.97 Å². The number of guanidine groups is 1. The maximum absolute atomic E-state index is 12.1. The second-order valence-electron chi connectivity index (χ2n) is 11.6. The number of aliphatic imine (C=N–C) groups is 1. The maximum Gasteiger partial charge on any atom is 0.302 e. The Labute approximate surface area is 238 Å². The Bertz CT molecular complexity index is 1090. The van der Waals surface area contributed by atoms with Crippen LogP contribution < -0.4 is 21.1 Å². The van der Waals surface area contributed by atoms with E-state index in [1.165, 1.54) is 6.92 Å². The summed E-state index contributed by atoms with van der Waals surface area (Å²) in [6.45, 7) is 3.20. The molecule has 9 heteroatoms. The van der Waals surface area contributed by atoms with Crippen molar-refractivity contribution in [3.63, 3.8) is 0 Å². The summed E-state index contributed by atoms with van der Waals surface area (Å²) >= 11 is 0. The lowest BCUT2D eigenvalue weighted by Gasteiger charge is -2.42. The van der Waals surface area contributed by atoms with Crippen LogP contribution in [0.5, 0.6) is 11.5 Å². The third kappa shape index (κ3) is 8.05. The number of rotatable bonds is 6. The molecule has 5 atom stereocenters. The van der Waals surface area contributed by atoms with Gasteiger partial charge in [0.05, 0.1) is 11.5 Å². The first-order valence-electron chi connectivity index (χ1n) is 14.8. The van der Waals surface area contributed by atoms with E-state index in [1.54, 1.807) is 13.1 Å². The first kappa shape index (κ1) is 30.0. The largest absolute Gasteiger partial charge is 0.504 e. The molecule has 40 heavy (non-hydrogen) atoms. The van der Waals surface area contributed by atoms with Crippen LogP contribution in [0.1, 0.15) is 76.7 Å². The van der Waals surface area contributed by atoms with E-state index in [4.69, 9.17) is 15.2 Å². The number of esters is 1. The molecule has 1 aliphatic heterocycles. The highest BCUT2D eigenvalue weighted by atomic mass is 16.5. The quantitative estimate of drug-likeness (QED) is 0.157. The summed E-state index contributed by atoms with van der Waals surface area (Å²) in [5.41, 5.74) is 6.73. The van der Waals surface area contributed by atoms with Gasteiger partial charge in [-0.05, 0) is 75.7 Å². The van der Waals surface area contributed by atoms with E-state index in [0.717, 1.165) is 63.6 Å². The number of phenols is 1. The first-order valence-corrected chi connectivity index (χ1v) is 14.8. The summed E-state index contributed by atoms with van der Waals surface area (Å²) in [5.74, 6) is 7.62. The minimum Gasteiger partial charge on any atom is -0.504 e. The molecule has 2 fully saturated rings. The number of aliphatic hydroxyl groups is 1. The molecule has 9 nitrogen and oxygen atoms in total. The van der Waals surface area contributed by atoms with Crippen molar-refractivity contribution in [2.24, 2.45) is 22.1 Å². The smallest absolute Gasteiger partial charge is 0.302 e. The molecule has 5 unspecified atom stereocenters. The fourth-order valence-electron chi connectivity index (χ4n) is 6.43. The number of ether oxygens (including phenoxy) is 2. The van der Waals surface area contributed by atoms with E-state index in [1.807, 2.05) is 12.1 Å². The van der Waals surface area contributed by atoms with Crippen LogP contribution in [0.25, 0.3) is 0 Å². The molecule has 0 bridgehead atoms. The monoisotopic (exact) mass is 554 g/mol. The maximum atomic E-state index is 12.1. The van der Waals surface area contributed by atoms with Crippen molar-refractivity contribution in [1.29, 1.82) is 0 Å². The number of hydrogen-bond donors (Lipinski definition) is 5. The van der Waals surface area contributed by atoms with Gasteiger partial charge in [0.25, 0.3) is 0 Å². The highest BCUT2D eigenvalue weighted by molar-refractivity contribution is 5.78. The summed E-state index contributed by atoms with van der Waals surface area (Å²) in [4.78, 5) is 16.2. The predicted molar refractivity (Wildman–Crippen MR) is 155 cm³/mol. The molecule has 1 saturated carbocycles. The van der Waals surface area contributed by atoms with Gasteiger partial charge in [-0.15, -0.1) is 5.92 Å². The highest BCUT2D eigenvalue weighted by Gasteiger charge is 2.41. The van der Waals surface area contributed by atoms with Crippen LogP contribution in [0.2, 0.25) is 0 Å². The topological polar surface area (TPSA) is 138 Å². The van der Waals surface area contributed by atoms with Crippen molar-refractivity contribution in [1.82, 2.24) is 10.6 Å². The normalized spacial score (nSPS) is 30.1. The zero-order chi connectivity index (χ0) is 28.5. The van der Waals surface area contributed by atoms with Gasteiger partial charge in [0.15, 0.2) is 17.5 Å². The van der Waals surface area contributed by atoms with E-state index >= 15 is 0 Å². The zero-order valence-electron chi connectivity index (χ0n) is 24.0. The lowest BCUT2D eigenvalue weighted by atomic mass is 9.67. The molecule has 6 N–H and O–H groups in total. The van der Waals surface area contributed by atoms with Gasteiger partial charge in [-0.3, -0.25) is 9.79 Å². The molecule has 220 valence electrons. The van der Waals surface area contributed by atoms with Gasteiger partial charge in [0, 0.05) is 38.8 Å². The number of benzene rings is 1. The number of aliphatic hydroxyl groups excluding tert-OH is 1. The van der Waals surface area contributed by atoms with Crippen molar-refractivity contribution < 1.29 is 24.5 Å².